The number of benzene rings is 3. The highest BCUT2D eigenvalue weighted by molar-refractivity contribution is 7.89. The number of fused-ring (bicyclic) bond motifs is 3. The van der Waals surface area contributed by atoms with Crippen LogP contribution in [-0.4, -0.2) is 68.4 Å². The second-order valence-electron chi connectivity index (χ2n) is 11.9. The van der Waals surface area contributed by atoms with E-state index in [1.807, 2.05) is 0 Å². The number of halogens is 3. The van der Waals surface area contributed by atoms with Crippen molar-refractivity contribution in [3.63, 3.8) is 0 Å². The predicted octanol–water partition coefficient (Wildman–Crippen LogP) is 5.61. The smallest absolute Gasteiger partial charge is 0.255 e. The van der Waals surface area contributed by atoms with Gasteiger partial charge in [-0.2, -0.15) is 4.31 Å². The Labute approximate surface area is 255 Å². The Balaban J connectivity index is 1.13. The molecule has 11 heteroatoms. The lowest BCUT2D eigenvalue weighted by Gasteiger charge is -2.43. The summed E-state index contributed by atoms with van der Waals surface area (Å²) in [7, 11) is -3.76. The first kappa shape index (κ1) is 28.6. The van der Waals surface area contributed by atoms with Crippen LogP contribution in [-0.2, 0) is 16.4 Å². The summed E-state index contributed by atoms with van der Waals surface area (Å²) in [5.41, 5.74) is 2.96. The molecule has 3 aromatic carbocycles. The summed E-state index contributed by atoms with van der Waals surface area (Å²) in [4.78, 5) is 17.6. The zero-order chi connectivity index (χ0) is 29.9. The van der Waals surface area contributed by atoms with E-state index in [1.54, 1.807) is 33.5 Å². The Bertz CT molecular complexity index is 1660. The highest BCUT2D eigenvalue weighted by atomic mass is 35.5. The van der Waals surface area contributed by atoms with E-state index >= 15 is 0 Å². The fourth-order valence-corrected chi connectivity index (χ4v) is 9.00. The van der Waals surface area contributed by atoms with Crippen molar-refractivity contribution in [3.05, 3.63) is 87.9 Å². The maximum Gasteiger partial charge on any atom is 0.255 e. The van der Waals surface area contributed by atoms with Crippen LogP contribution in [0.3, 0.4) is 0 Å². The number of anilines is 1. The van der Waals surface area contributed by atoms with Gasteiger partial charge in [-0.1, -0.05) is 23.7 Å². The Hall–Kier alpha value is -3.21. The average molecular weight is 628 g/mol. The van der Waals surface area contributed by atoms with E-state index in [2.05, 4.69) is 4.90 Å². The van der Waals surface area contributed by atoms with Gasteiger partial charge in [0.2, 0.25) is 10.0 Å². The molecule has 3 aromatic rings. The number of hydrogen-bond donors (Lipinski definition) is 0. The second-order valence-corrected chi connectivity index (χ2v) is 14.2. The molecule has 0 N–H and O–H groups in total. The molecule has 3 saturated heterocycles. The standard InChI is InChI=1S/C32H32ClF2N3O4S/c33-29-16-24(35)5-8-28(29)32(39)36-18-25-6-7-26(19-36)38(25)30-17-27(15-22-11-14-42-31(22)30)43(40,41)37-12-9-21(10-13-37)20-1-3-23(34)4-2-20/h1-5,8,15-17,21,25-26H,6-7,9-14,18-19H2. The molecule has 4 aliphatic rings. The first-order valence-electron chi connectivity index (χ1n) is 14.8. The molecule has 2 atom stereocenters. The lowest BCUT2D eigenvalue weighted by Crippen LogP contribution is -2.55. The van der Waals surface area contributed by atoms with Crippen LogP contribution in [0, 0.1) is 11.6 Å². The zero-order valence-corrected chi connectivity index (χ0v) is 25.1. The van der Waals surface area contributed by atoms with E-state index in [9.17, 15) is 22.0 Å². The molecule has 226 valence electrons. The topological polar surface area (TPSA) is 70.2 Å². The molecule has 0 saturated carbocycles. The van der Waals surface area contributed by atoms with Gasteiger partial charge < -0.3 is 14.5 Å². The number of piperazine rings is 1. The molecule has 0 aliphatic carbocycles. The molecule has 7 nitrogen and oxygen atoms in total. The van der Waals surface area contributed by atoms with Gasteiger partial charge >= 0.3 is 0 Å². The fourth-order valence-electron chi connectivity index (χ4n) is 7.21. The van der Waals surface area contributed by atoms with Crippen molar-refractivity contribution in [2.75, 3.05) is 37.7 Å². The van der Waals surface area contributed by atoms with E-state index in [1.165, 1.54) is 24.3 Å². The number of ether oxygens (including phenoxy) is 1. The molecule has 2 bridgehead atoms. The van der Waals surface area contributed by atoms with Crippen LogP contribution >= 0.6 is 11.6 Å². The van der Waals surface area contributed by atoms with Crippen molar-refractivity contribution in [3.8, 4) is 5.75 Å². The van der Waals surface area contributed by atoms with E-state index in [4.69, 9.17) is 16.3 Å². The van der Waals surface area contributed by atoms with Crippen LogP contribution in [0.5, 0.6) is 5.75 Å². The molecular formula is C32H32ClF2N3O4S. The largest absolute Gasteiger partial charge is 0.491 e. The molecule has 0 aromatic heterocycles. The Morgan fingerprint density at radius 1 is 0.884 bits per heavy atom. The van der Waals surface area contributed by atoms with Gasteiger partial charge in [-0.15, -0.1) is 0 Å². The molecule has 2 unspecified atom stereocenters. The molecule has 4 aliphatic heterocycles. The van der Waals surface area contributed by atoms with Gasteiger partial charge in [-0.3, -0.25) is 4.79 Å². The van der Waals surface area contributed by atoms with Crippen molar-refractivity contribution >= 4 is 33.2 Å². The minimum absolute atomic E-state index is 0.0142. The van der Waals surface area contributed by atoms with Crippen molar-refractivity contribution in [2.24, 2.45) is 0 Å². The monoisotopic (exact) mass is 627 g/mol. The number of amides is 1. The van der Waals surface area contributed by atoms with Crippen LogP contribution in [0.4, 0.5) is 14.5 Å². The molecule has 0 radical (unpaired) electrons. The van der Waals surface area contributed by atoms with E-state index in [0.717, 1.165) is 41.5 Å². The second kappa shape index (κ2) is 11.1. The van der Waals surface area contributed by atoms with Gasteiger partial charge in [0, 0.05) is 50.2 Å². The van der Waals surface area contributed by atoms with Crippen LogP contribution < -0.4 is 9.64 Å². The number of likely N-dealkylation sites (tertiary alicyclic amines) is 1. The number of rotatable bonds is 5. The minimum Gasteiger partial charge on any atom is -0.491 e. The van der Waals surface area contributed by atoms with Crippen molar-refractivity contribution < 1.29 is 26.7 Å². The summed E-state index contributed by atoms with van der Waals surface area (Å²) in [5, 5.41) is 0.0885. The van der Waals surface area contributed by atoms with E-state index < -0.39 is 15.8 Å². The van der Waals surface area contributed by atoms with Crippen molar-refractivity contribution in [1.29, 1.82) is 0 Å². The quantitative estimate of drug-likeness (QED) is 0.368. The summed E-state index contributed by atoms with van der Waals surface area (Å²) >= 11 is 6.20. The lowest BCUT2D eigenvalue weighted by molar-refractivity contribution is 0.0718. The minimum atomic E-state index is -3.76. The summed E-state index contributed by atoms with van der Waals surface area (Å²) in [5.74, 6) is -0.0858. The molecular weight excluding hydrogens is 596 g/mol. The molecule has 4 heterocycles. The van der Waals surface area contributed by atoms with E-state index in [0.29, 0.717) is 52.0 Å². The summed E-state index contributed by atoms with van der Waals surface area (Å²) in [6, 6.07) is 13.8. The van der Waals surface area contributed by atoms with Crippen LogP contribution in [0.25, 0.3) is 0 Å². The SMILES string of the molecule is O=C(c1ccc(F)cc1Cl)N1CC2CCC(C1)N2c1cc(S(=O)(=O)N2CCC(c3ccc(F)cc3)CC2)cc2c1OCC2. The first-order chi connectivity index (χ1) is 20.7. The van der Waals surface area contributed by atoms with Gasteiger partial charge in [0.25, 0.3) is 5.91 Å². The van der Waals surface area contributed by atoms with Crippen LogP contribution in [0.1, 0.15) is 53.1 Å². The van der Waals surface area contributed by atoms with Crippen molar-refractivity contribution in [2.45, 2.75) is 55.0 Å². The molecule has 7 rings (SSSR count). The van der Waals surface area contributed by atoms with Crippen molar-refractivity contribution in [1.82, 2.24) is 9.21 Å². The molecule has 43 heavy (non-hydrogen) atoms. The van der Waals surface area contributed by atoms with Crippen LogP contribution in [0.15, 0.2) is 59.5 Å². The van der Waals surface area contributed by atoms with Gasteiger partial charge in [-0.25, -0.2) is 17.2 Å². The predicted molar refractivity (Wildman–Crippen MR) is 159 cm³/mol. The Morgan fingerprint density at radius 3 is 2.23 bits per heavy atom. The number of nitrogens with zero attached hydrogens (tertiary/aromatic N) is 3. The van der Waals surface area contributed by atoms with Gasteiger partial charge in [0.1, 0.15) is 17.4 Å². The number of carbonyl (C=O) groups is 1. The third kappa shape index (κ3) is 5.17. The highest BCUT2D eigenvalue weighted by Crippen LogP contribution is 2.45. The average Bonchev–Trinajstić information content (AvgIpc) is 3.58. The zero-order valence-electron chi connectivity index (χ0n) is 23.5. The Kier molecular flexibility index (Phi) is 7.34. The normalized spacial score (nSPS) is 22.5. The number of carbonyl (C=O) groups excluding carboxylic acids is 1. The fraction of sp³-hybridized carbons (Fsp3) is 0.406. The van der Waals surface area contributed by atoms with Crippen LogP contribution in [0.2, 0.25) is 5.02 Å². The highest BCUT2D eigenvalue weighted by Gasteiger charge is 2.44. The maximum atomic E-state index is 14.0. The van der Waals surface area contributed by atoms with Gasteiger partial charge in [-0.05, 0) is 79.6 Å². The number of piperidine rings is 1. The maximum absolute atomic E-state index is 14.0. The summed E-state index contributed by atoms with van der Waals surface area (Å²) < 4.78 is 62.5. The molecule has 0 spiro atoms. The van der Waals surface area contributed by atoms with Gasteiger partial charge in [0.15, 0.2) is 0 Å². The number of hydrogen-bond acceptors (Lipinski definition) is 5. The van der Waals surface area contributed by atoms with E-state index in [-0.39, 0.29) is 45.2 Å². The van der Waals surface area contributed by atoms with Gasteiger partial charge in [0.05, 0.1) is 27.8 Å². The third-order valence-corrected chi connectivity index (χ3v) is 11.6. The lowest BCUT2D eigenvalue weighted by atomic mass is 9.90. The molecule has 3 fully saturated rings. The molecule has 1 amide bonds. The number of sulfonamides is 1. The summed E-state index contributed by atoms with van der Waals surface area (Å²) in [6.45, 7) is 2.18. The third-order valence-electron chi connectivity index (χ3n) is 9.38. The first-order valence-corrected chi connectivity index (χ1v) is 16.6. The Morgan fingerprint density at radius 2 is 1.56 bits per heavy atom. The summed E-state index contributed by atoms with van der Waals surface area (Å²) in [6.07, 6.45) is 3.69.